The molecule has 0 saturated carbocycles. The first-order valence-corrected chi connectivity index (χ1v) is 6.37. The lowest BCUT2D eigenvalue weighted by atomic mass is 10.3. The fourth-order valence-corrected chi connectivity index (χ4v) is 1.51. The smallest absolute Gasteiger partial charge is 0.306 e. The van der Waals surface area contributed by atoms with Crippen molar-refractivity contribution in [1.29, 1.82) is 0 Å². The van der Waals surface area contributed by atoms with Gasteiger partial charge in [-0.2, -0.15) is 5.10 Å². The normalized spacial score (nSPS) is 12.2. The van der Waals surface area contributed by atoms with Crippen LogP contribution in [0.3, 0.4) is 0 Å². The predicted molar refractivity (Wildman–Crippen MR) is 73.4 cm³/mol. The van der Waals surface area contributed by atoms with Gasteiger partial charge in [0.2, 0.25) is 0 Å². The van der Waals surface area contributed by atoms with Crippen molar-refractivity contribution in [1.82, 2.24) is 15.1 Å². The van der Waals surface area contributed by atoms with E-state index in [9.17, 15) is 15.2 Å². The summed E-state index contributed by atoms with van der Waals surface area (Å²) in [5.74, 6) is 0. The molecule has 1 atom stereocenters. The molecule has 0 bridgehead atoms. The minimum Gasteiger partial charge on any atom is -0.390 e. The third kappa shape index (κ3) is 6.41. The van der Waals surface area contributed by atoms with E-state index < -0.39 is 11.0 Å². The molecule has 112 valence electrons. The van der Waals surface area contributed by atoms with Gasteiger partial charge in [0.15, 0.2) is 0 Å². The lowest BCUT2D eigenvalue weighted by molar-refractivity contribution is -0.385. The predicted octanol–water partition coefficient (Wildman–Crippen LogP) is 0.334. The van der Waals surface area contributed by atoms with Crippen molar-refractivity contribution in [3.05, 3.63) is 35.2 Å². The summed E-state index contributed by atoms with van der Waals surface area (Å²) in [7, 11) is 0. The number of nitro groups is 1. The Labute approximate surface area is 117 Å². The van der Waals surface area contributed by atoms with E-state index in [0.29, 0.717) is 26.3 Å². The van der Waals surface area contributed by atoms with Crippen LogP contribution in [0.2, 0.25) is 0 Å². The molecule has 1 heterocycles. The molecule has 1 aromatic rings. The van der Waals surface area contributed by atoms with Crippen LogP contribution in [0, 0.1) is 10.1 Å². The van der Waals surface area contributed by atoms with Crippen molar-refractivity contribution < 1.29 is 14.8 Å². The van der Waals surface area contributed by atoms with Crippen LogP contribution < -0.4 is 5.32 Å². The molecule has 0 amide bonds. The SMILES string of the molecule is C=CCCOCCNCC(O)Cn1cc([N+](=O)[O-])cn1. The van der Waals surface area contributed by atoms with Gasteiger partial charge in [-0.25, -0.2) is 0 Å². The summed E-state index contributed by atoms with van der Waals surface area (Å²) in [5, 5.41) is 27.1. The number of hydrogen-bond acceptors (Lipinski definition) is 6. The van der Waals surface area contributed by atoms with Crippen LogP contribution >= 0.6 is 0 Å². The Bertz CT molecular complexity index is 421. The maximum absolute atomic E-state index is 10.5. The van der Waals surface area contributed by atoms with Crippen LogP contribution in [0.5, 0.6) is 0 Å². The second-order valence-electron chi connectivity index (χ2n) is 4.23. The third-order valence-corrected chi connectivity index (χ3v) is 2.50. The number of aliphatic hydroxyl groups excluding tert-OH is 1. The van der Waals surface area contributed by atoms with Crippen molar-refractivity contribution in [3.8, 4) is 0 Å². The minimum absolute atomic E-state index is 0.0826. The van der Waals surface area contributed by atoms with E-state index in [-0.39, 0.29) is 12.2 Å². The van der Waals surface area contributed by atoms with E-state index in [1.165, 1.54) is 10.9 Å². The number of rotatable bonds is 11. The van der Waals surface area contributed by atoms with Gasteiger partial charge in [-0.05, 0) is 6.42 Å². The molecule has 1 aromatic heterocycles. The second-order valence-corrected chi connectivity index (χ2v) is 4.23. The zero-order valence-corrected chi connectivity index (χ0v) is 11.3. The van der Waals surface area contributed by atoms with Gasteiger partial charge in [0.25, 0.3) is 0 Å². The first kappa shape index (κ1) is 16.3. The van der Waals surface area contributed by atoms with Crippen LogP contribution in [0.1, 0.15) is 6.42 Å². The maximum Gasteiger partial charge on any atom is 0.306 e. The molecule has 2 N–H and O–H groups in total. The molecule has 1 rings (SSSR count). The highest BCUT2D eigenvalue weighted by atomic mass is 16.6. The molecule has 20 heavy (non-hydrogen) atoms. The number of aliphatic hydroxyl groups is 1. The molecule has 0 saturated heterocycles. The average Bonchev–Trinajstić information content (AvgIpc) is 2.86. The van der Waals surface area contributed by atoms with Crippen molar-refractivity contribution >= 4 is 5.69 Å². The van der Waals surface area contributed by atoms with Gasteiger partial charge in [-0.3, -0.25) is 14.8 Å². The van der Waals surface area contributed by atoms with Crippen LogP contribution in [-0.2, 0) is 11.3 Å². The summed E-state index contributed by atoms with van der Waals surface area (Å²) >= 11 is 0. The maximum atomic E-state index is 10.5. The molecule has 1 unspecified atom stereocenters. The molecule has 0 radical (unpaired) electrons. The Morgan fingerprint density at radius 3 is 3.10 bits per heavy atom. The lowest BCUT2D eigenvalue weighted by Crippen LogP contribution is -2.32. The van der Waals surface area contributed by atoms with E-state index >= 15 is 0 Å². The number of nitrogens with one attached hydrogen (secondary N) is 1. The molecule has 0 spiro atoms. The molecular weight excluding hydrogens is 264 g/mol. The van der Waals surface area contributed by atoms with Crippen LogP contribution in [0.4, 0.5) is 5.69 Å². The van der Waals surface area contributed by atoms with Crippen molar-refractivity contribution in [3.63, 3.8) is 0 Å². The summed E-state index contributed by atoms with van der Waals surface area (Å²) in [6, 6.07) is 0. The molecule has 0 aliphatic heterocycles. The number of hydrogen-bond donors (Lipinski definition) is 2. The van der Waals surface area contributed by atoms with E-state index in [0.717, 1.165) is 12.6 Å². The fourth-order valence-electron chi connectivity index (χ4n) is 1.51. The summed E-state index contributed by atoms with van der Waals surface area (Å²) in [6.07, 6.45) is 4.40. The van der Waals surface area contributed by atoms with Crippen LogP contribution in [-0.4, -0.2) is 52.2 Å². The van der Waals surface area contributed by atoms with E-state index in [1.807, 2.05) is 0 Å². The molecule has 8 nitrogen and oxygen atoms in total. The number of ether oxygens (including phenoxy) is 1. The summed E-state index contributed by atoms with van der Waals surface area (Å²) in [5.41, 5.74) is -0.0826. The van der Waals surface area contributed by atoms with Crippen molar-refractivity contribution in [2.24, 2.45) is 0 Å². The summed E-state index contributed by atoms with van der Waals surface area (Å²) in [4.78, 5) is 9.96. The van der Waals surface area contributed by atoms with E-state index in [2.05, 4.69) is 17.0 Å². The van der Waals surface area contributed by atoms with Gasteiger partial charge in [0.05, 0.1) is 30.8 Å². The van der Waals surface area contributed by atoms with Gasteiger partial charge < -0.3 is 15.2 Å². The van der Waals surface area contributed by atoms with E-state index in [1.54, 1.807) is 6.08 Å². The first-order valence-electron chi connectivity index (χ1n) is 6.37. The quantitative estimate of drug-likeness (QED) is 0.263. The monoisotopic (exact) mass is 284 g/mol. The number of nitrogens with zero attached hydrogens (tertiary/aromatic N) is 3. The average molecular weight is 284 g/mol. The molecular formula is C12H20N4O4. The zero-order valence-electron chi connectivity index (χ0n) is 11.3. The Kier molecular flexibility index (Phi) is 7.48. The minimum atomic E-state index is -0.664. The highest BCUT2D eigenvalue weighted by Crippen LogP contribution is 2.07. The Balaban J connectivity index is 2.11. The van der Waals surface area contributed by atoms with Gasteiger partial charge in [0, 0.05) is 13.1 Å². The highest BCUT2D eigenvalue weighted by molar-refractivity contribution is 5.20. The standard InChI is InChI=1S/C12H20N4O4/c1-2-3-5-20-6-4-13-8-12(17)10-15-9-11(7-14-15)16(18)19/h2,7,9,12-13,17H,1,3-6,8,10H2. The van der Waals surface area contributed by atoms with Gasteiger partial charge in [0.1, 0.15) is 12.4 Å². The van der Waals surface area contributed by atoms with Crippen LogP contribution in [0.25, 0.3) is 0 Å². The largest absolute Gasteiger partial charge is 0.390 e. The fraction of sp³-hybridized carbons (Fsp3) is 0.583. The van der Waals surface area contributed by atoms with Crippen molar-refractivity contribution in [2.45, 2.75) is 19.1 Å². The second kappa shape index (κ2) is 9.18. The lowest BCUT2D eigenvalue weighted by Gasteiger charge is -2.11. The molecule has 0 aromatic carbocycles. The summed E-state index contributed by atoms with van der Waals surface area (Å²) in [6.45, 7) is 6.01. The Morgan fingerprint density at radius 1 is 1.65 bits per heavy atom. The van der Waals surface area contributed by atoms with Gasteiger partial charge >= 0.3 is 5.69 Å². The Morgan fingerprint density at radius 2 is 2.45 bits per heavy atom. The Hall–Kier alpha value is -1.77. The molecule has 0 aliphatic carbocycles. The first-order chi connectivity index (χ1) is 9.63. The van der Waals surface area contributed by atoms with Gasteiger partial charge in [-0.15, -0.1) is 6.58 Å². The molecule has 0 fully saturated rings. The molecule has 0 aliphatic rings. The molecule has 8 heteroatoms. The van der Waals surface area contributed by atoms with Gasteiger partial charge in [-0.1, -0.05) is 6.08 Å². The van der Waals surface area contributed by atoms with E-state index in [4.69, 9.17) is 4.74 Å². The number of aromatic nitrogens is 2. The van der Waals surface area contributed by atoms with Crippen molar-refractivity contribution in [2.75, 3.05) is 26.3 Å². The zero-order chi connectivity index (χ0) is 14.8. The highest BCUT2D eigenvalue weighted by Gasteiger charge is 2.11. The third-order valence-electron chi connectivity index (χ3n) is 2.50. The van der Waals surface area contributed by atoms with Crippen LogP contribution in [0.15, 0.2) is 25.0 Å². The summed E-state index contributed by atoms with van der Waals surface area (Å²) < 4.78 is 6.65. The topological polar surface area (TPSA) is 102 Å².